The summed E-state index contributed by atoms with van der Waals surface area (Å²) in [5, 5.41) is 11.1. The van der Waals surface area contributed by atoms with E-state index in [2.05, 4.69) is 0 Å². The van der Waals surface area contributed by atoms with Crippen molar-refractivity contribution in [1.82, 2.24) is 0 Å². The average Bonchev–Trinajstić information content (AvgIpc) is 2.87. The topological polar surface area (TPSA) is 38.7 Å². The van der Waals surface area contributed by atoms with Crippen LogP contribution in [0.25, 0.3) is 0 Å². The van der Waals surface area contributed by atoms with E-state index in [-0.39, 0.29) is 11.7 Å². The highest BCUT2D eigenvalue weighted by Gasteiger charge is 2.48. The second-order valence-electron chi connectivity index (χ2n) is 6.99. The van der Waals surface area contributed by atoms with E-state index in [9.17, 15) is 5.11 Å². The van der Waals surface area contributed by atoms with Gasteiger partial charge in [0.05, 0.1) is 17.3 Å². The maximum Gasteiger partial charge on any atom is 0.0702 e. The molecular formula is C16H28O3. The van der Waals surface area contributed by atoms with Crippen LogP contribution in [0, 0.1) is 5.92 Å². The Kier molecular flexibility index (Phi) is 3.89. The van der Waals surface area contributed by atoms with Crippen LogP contribution in [0.2, 0.25) is 0 Å². The number of ether oxygens (including phenoxy) is 2. The molecule has 1 aliphatic heterocycles. The summed E-state index contributed by atoms with van der Waals surface area (Å²) >= 11 is 0. The van der Waals surface area contributed by atoms with Crippen LogP contribution in [-0.4, -0.2) is 36.1 Å². The smallest absolute Gasteiger partial charge is 0.0702 e. The Morgan fingerprint density at radius 1 is 1.05 bits per heavy atom. The zero-order chi connectivity index (χ0) is 13.3. The maximum atomic E-state index is 11.1. The van der Waals surface area contributed by atoms with Crippen LogP contribution in [0.15, 0.2) is 0 Å². The highest BCUT2D eigenvalue weighted by molar-refractivity contribution is 5.00. The standard InChI is InChI=1S/C16H28O3/c1-18-14-5-4-9-16(17,12-14)13-6-10-19-15(11-13)7-2-3-8-15/h13-14,17H,2-12H2,1H3. The third-order valence-electron chi connectivity index (χ3n) is 5.82. The van der Waals surface area contributed by atoms with Gasteiger partial charge in [-0.25, -0.2) is 0 Å². The molecule has 110 valence electrons. The molecule has 1 N–H and O–H groups in total. The van der Waals surface area contributed by atoms with E-state index >= 15 is 0 Å². The average molecular weight is 268 g/mol. The van der Waals surface area contributed by atoms with E-state index in [1.165, 1.54) is 25.7 Å². The molecule has 0 bridgehead atoms. The van der Waals surface area contributed by atoms with Crippen LogP contribution in [0.1, 0.15) is 64.2 Å². The van der Waals surface area contributed by atoms with Crippen LogP contribution in [0.4, 0.5) is 0 Å². The van der Waals surface area contributed by atoms with Gasteiger partial charge in [0.1, 0.15) is 0 Å². The minimum atomic E-state index is -0.502. The maximum absolute atomic E-state index is 11.1. The van der Waals surface area contributed by atoms with Gasteiger partial charge >= 0.3 is 0 Å². The number of hydrogen-bond donors (Lipinski definition) is 1. The molecule has 19 heavy (non-hydrogen) atoms. The highest BCUT2D eigenvalue weighted by atomic mass is 16.5. The minimum Gasteiger partial charge on any atom is -0.389 e. The Bertz CT molecular complexity index is 311. The molecule has 3 atom stereocenters. The third-order valence-corrected chi connectivity index (χ3v) is 5.82. The van der Waals surface area contributed by atoms with Gasteiger partial charge in [0.2, 0.25) is 0 Å². The van der Waals surface area contributed by atoms with Gasteiger partial charge in [-0.15, -0.1) is 0 Å². The highest BCUT2D eigenvalue weighted by Crippen LogP contribution is 2.48. The molecule has 3 fully saturated rings. The van der Waals surface area contributed by atoms with E-state index in [1.807, 2.05) is 0 Å². The Morgan fingerprint density at radius 2 is 1.84 bits per heavy atom. The van der Waals surface area contributed by atoms with Crippen molar-refractivity contribution >= 4 is 0 Å². The van der Waals surface area contributed by atoms with Gasteiger partial charge in [0.25, 0.3) is 0 Å². The lowest BCUT2D eigenvalue weighted by Gasteiger charge is -2.48. The van der Waals surface area contributed by atoms with Crippen molar-refractivity contribution in [1.29, 1.82) is 0 Å². The van der Waals surface area contributed by atoms with Crippen LogP contribution >= 0.6 is 0 Å². The first-order valence-corrected chi connectivity index (χ1v) is 8.05. The van der Waals surface area contributed by atoms with Gasteiger partial charge in [-0.05, 0) is 50.9 Å². The summed E-state index contributed by atoms with van der Waals surface area (Å²) in [6, 6.07) is 0. The lowest BCUT2D eigenvalue weighted by Crippen LogP contribution is -2.50. The zero-order valence-corrected chi connectivity index (χ0v) is 12.2. The molecule has 3 aliphatic rings. The van der Waals surface area contributed by atoms with Gasteiger partial charge in [0, 0.05) is 20.1 Å². The molecular weight excluding hydrogens is 240 g/mol. The zero-order valence-electron chi connectivity index (χ0n) is 12.2. The quantitative estimate of drug-likeness (QED) is 0.836. The molecule has 1 saturated heterocycles. The molecule has 2 saturated carbocycles. The van der Waals surface area contributed by atoms with Crippen molar-refractivity contribution in [3.63, 3.8) is 0 Å². The number of aliphatic hydroxyl groups is 1. The lowest BCUT2D eigenvalue weighted by atomic mass is 9.68. The molecule has 0 aromatic carbocycles. The Labute approximate surface area is 116 Å². The summed E-state index contributed by atoms with van der Waals surface area (Å²) in [4.78, 5) is 0. The predicted octanol–water partition coefficient (Wildman–Crippen LogP) is 3.05. The summed E-state index contributed by atoms with van der Waals surface area (Å²) in [5.74, 6) is 0.414. The van der Waals surface area contributed by atoms with Crippen molar-refractivity contribution in [3.8, 4) is 0 Å². The summed E-state index contributed by atoms with van der Waals surface area (Å²) in [6.45, 7) is 0.838. The summed E-state index contributed by atoms with van der Waals surface area (Å²) < 4.78 is 11.6. The first-order valence-electron chi connectivity index (χ1n) is 8.05. The van der Waals surface area contributed by atoms with Crippen LogP contribution in [0.3, 0.4) is 0 Å². The third kappa shape index (κ3) is 2.70. The predicted molar refractivity (Wildman–Crippen MR) is 74.1 cm³/mol. The van der Waals surface area contributed by atoms with Crippen LogP contribution in [0.5, 0.6) is 0 Å². The second-order valence-corrected chi connectivity index (χ2v) is 6.99. The fourth-order valence-electron chi connectivity index (χ4n) is 4.66. The molecule has 3 unspecified atom stereocenters. The molecule has 1 spiro atoms. The van der Waals surface area contributed by atoms with E-state index in [1.54, 1.807) is 7.11 Å². The fraction of sp³-hybridized carbons (Fsp3) is 1.00. The van der Waals surface area contributed by atoms with Gasteiger partial charge in [-0.1, -0.05) is 12.8 Å². The molecule has 0 aromatic heterocycles. The number of rotatable bonds is 2. The first-order chi connectivity index (χ1) is 9.16. The molecule has 3 heteroatoms. The molecule has 1 heterocycles. The normalized spacial score (nSPS) is 42.6. The van der Waals surface area contributed by atoms with Crippen molar-refractivity contribution in [3.05, 3.63) is 0 Å². The molecule has 2 aliphatic carbocycles. The lowest BCUT2D eigenvalue weighted by molar-refractivity contribution is -0.162. The molecule has 0 radical (unpaired) electrons. The van der Waals surface area contributed by atoms with E-state index < -0.39 is 5.60 Å². The van der Waals surface area contributed by atoms with Crippen molar-refractivity contribution < 1.29 is 14.6 Å². The van der Waals surface area contributed by atoms with Crippen LogP contribution < -0.4 is 0 Å². The Balaban J connectivity index is 1.69. The molecule has 0 aromatic rings. The second kappa shape index (κ2) is 5.34. The summed E-state index contributed by atoms with van der Waals surface area (Å²) in [7, 11) is 1.78. The van der Waals surface area contributed by atoms with Crippen molar-refractivity contribution in [2.24, 2.45) is 5.92 Å². The summed E-state index contributed by atoms with van der Waals surface area (Å²) in [5.41, 5.74) is -0.392. The van der Waals surface area contributed by atoms with E-state index in [0.29, 0.717) is 5.92 Å². The largest absolute Gasteiger partial charge is 0.389 e. The first kappa shape index (κ1) is 13.8. The van der Waals surface area contributed by atoms with Crippen molar-refractivity contribution in [2.45, 2.75) is 81.5 Å². The van der Waals surface area contributed by atoms with E-state index in [4.69, 9.17) is 9.47 Å². The Hall–Kier alpha value is -0.120. The van der Waals surface area contributed by atoms with Crippen molar-refractivity contribution in [2.75, 3.05) is 13.7 Å². The fourth-order valence-corrected chi connectivity index (χ4v) is 4.66. The number of hydrogen-bond acceptors (Lipinski definition) is 3. The van der Waals surface area contributed by atoms with Crippen LogP contribution in [-0.2, 0) is 9.47 Å². The van der Waals surface area contributed by atoms with Gasteiger partial charge in [-0.3, -0.25) is 0 Å². The molecule has 0 amide bonds. The molecule has 3 rings (SSSR count). The molecule has 3 nitrogen and oxygen atoms in total. The van der Waals surface area contributed by atoms with E-state index in [0.717, 1.165) is 45.1 Å². The van der Waals surface area contributed by atoms with Gasteiger partial charge in [-0.2, -0.15) is 0 Å². The SMILES string of the molecule is COC1CCCC(O)(C2CCOC3(CCCC3)C2)C1. The summed E-state index contributed by atoms with van der Waals surface area (Å²) in [6.07, 6.45) is 11.3. The minimum absolute atomic E-state index is 0.110. The van der Waals surface area contributed by atoms with Gasteiger partial charge in [0.15, 0.2) is 0 Å². The monoisotopic (exact) mass is 268 g/mol. The van der Waals surface area contributed by atoms with Gasteiger partial charge < -0.3 is 14.6 Å². The Morgan fingerprint density at radius 3 is 2.58 bits per heavy atom. The number of methoxy groups -OCH3 is 1.